The van der Waals surface area contributed by atoms with Crippen LogP contribution in [0.5, 0.6) is 0 Å². The summed E-state index contributed by atoms with van der Waals surface area (Å²) in [6, 6.07) is 14.0. The van der Waals surface area contributed by atoms with Crippen LogP contribution in [0.25, 0.3) is 0 Å². The number of sulfonamides is 2. The molecular weight excluding hydrogens is 420 g/mol. The lowest BCUT2D eigenvalue weighted by molar-refractivity contribution is -0.00810. The summed E-state index contributed by atoms with van der Waals surface area (Å²) in [5.74, 6) is 1.94. The molecule has 4 aliphatic carbocycles. The van der Waals surface area contributed by atoms with Gasteiger partial charge in [0.25, 0.3) is 10.0 Å². The third-order valence-corrected chi connectivity index (χ3v) is 9.85. The molecule has 0 amide bonds. The van der Waals surface area contributed by atoms with E-state index in [0.29, 0.717) is 23.4 Å². The van der Waals surface area contributed by atoms with Crippen molar-refractivity contribution in [2.24, 2.45) is 17.8 Å². The largest absolute Gasteiger partial charge is 0.280 e. The second kappa shape index (κ2) is 7.07. The van der Waals surface area contributed by atoms with Gasteiger partial charge in [-0.15, -0.1) is 0 Å². The van der Waals surface area contributed by atoms with E-state index in [-0.39, 0.29) is 15.3 Å². The first-order valence-corrected chi connectivity index (χ1v) is 13.4. The Bertz CT molecular complexity index is 1110. The van der Waals surface area contributed by atoms with Crippen LogP contribution in [0.2, 0.25) is 0 Å². The lowest BCUT2D eigenvalue weighted by atomic mass is 9.53. The predicted molar refractivity (Wildman–Crippen MR) is 115 cm³/mol. The van der Waals surface area contributed by atoms with E-state index in [1.807, 2.05) is 0 Å². The van der Waals surface area contributed by atoms with Crippen molar-refractivity contribution >= 4 is 25.7 Å². The molecule has 4 saturated carbocycles. The van der Waals surface area contributed by atoms with Crippen molar-refractivity contribution in [3.63, 3.8) is 0 Å². The number of hydrogen-bond donors (Lipinski definition) is 2. The van der Waals surface area contributed by atoms with Crippen molar-refractivity contribution in [1.29, 1.82) is 0 Å². The van der Waals surface area contributed by atoms with Gasteiger partial charge < -0.3 is 0 Å². The van der Waals surface area contributed by atoms with Crippen LogP contribution in [-0.4, -0.2) is 22.4 Å². The number of rotatable bonds is 6. The van der Waals surface area contributed by atoms with Crippen molar-refractivity contribution in [2.75, 3.05) is 4.72 Å². The van der Waals surface area contributed by atoms with Gasteiger partial charge in [0.05, 0.1) is 9.79 Å². The van der Waals surface area contributed by atoms with Crippen LogP contribution >= 0.6 is 0 Å². The average Bonchev–Trinajstić information content (AvgIpc) is 2.67. The van der Waals surface area contributed by atoms with Gasteiger partial charge in [0.2, 0.25) is 10.0 Å². The molecule has 2 aromatic rings. The van der Waals surface area contributed by atoms with Crippen molar-refractivity contribution in [3.05, 3.63) is 54.6 Å². The maximum absolute atomic E-state index is 13.1. The molecule has 0 unspecified atom stereocenters. The fourth-order valence-corrected chi connectivity index (χ4v) is 8.61. The zero-order valence-corrected chi connectivity index (χ0v) is 18.3. The Labute approximate surface area is 178 Å². The highest BCUT2D eigenvalue weighted by Gasteiger charge is 2.52. The molecule has 160 valence electrons. The molecule has 6 rings (SSSR count). The molecule has 0 radical (unpaired) electrons. The number of hydrogen-bond acceptors (Lipinski definition) is 4. The molecule has 2 aromatic carbocycles. The Morgan fingerprint density at radius 3 is 1.70 bits per heavy atom. The number of nitrogens with one attached hydrogen (secondary N) is 2. The minimum absolute atomic E-state index is 0.158. The highest BCUT2D eigenvalue weighted by atomic mass is 32.2. The Balaban J connectivity index is 1.33. The Morgan fingerprint density at radius 2 is 1.17 bits per heavy atom. The molecule has 30 heavy (non-hydrogen) atoms. The van der Waals surface area contributed by atoms with Gasteiger partial charge >= 0.3 is 0 Å². The molecule has 2 N–H and O–H groups in total. The van der Waals surface area contributed by atoms with Crippen LogP contribution in [0, 0.1) is 17.8 Å². The molecule has 4 fully saturated rings. The SMILES string of the molecule is O=S(=O)(Nc1ccc(S(=O)(=O)NC23CC4CC(CC(C4)C2)C3)cc1)c1ccccc1. The van der Waals surface area contributed by atoms with Crippen molar-refractivity contribution < 1.29 is 16.8 Å². The van der Waals surface area contributed by atoms with E-state index in [0.717, 1.165) is 19.3 Å². The van der Waals surface area contributed by atoms with Gasteiger partial charge in [-0.05, 0) is 92.7 Å². The van der Waals surface area contributed by atoms with Crippen LogP contribution in [0.15, 0.2) is 64.4 Å². The topological polar surface area (TPSA) is 92.3 Å². The summed E-state index contributed by atoms with van der Waals surface area (Å²) in [6.45, 7) is 0. The predicted octanol–water partition coefficient (Wildman–Crippen LogP) is 3.73. The fraction of sp³-hybridized carbons (Fsp3) is 0.455. The monoisotopic (exact) mass is 446 g/mol. The molecule has 4 aliphatic rings. The second-order valence-corrected chi connectivity index (χ2v) is 12.6. The van der Waals surface area contributed by atoms with E-state index in [1.54, 1.807) is 18.2 Å². The van der Waals surface area contributed by atoms with Crippen molar-refractivity contribution in [3.8, 4) is 0 Å². The summed E-state index contributed by atoms with van der Waals surface area (Å²) in [5, 5.41) is 0. The normalized spacial score (nSPS) is 30.3. The third-order valence-electron chi connectivity index (χ3n) is 6.86. The van der Waals surface area contributed by atoms with Crippen LogP contribution in [0.1, 0.15) is 38.5 Å². The van der Waals surface area contributed by atoms with Gasteiger partial charge in [0.15, 0.2) is 0 Å². The smallest absolute Gasteiger partial charge is 0.261 e. The summed E-state index contributed by atoms with van der Waals surface area (Å²) >= 11 is 0. The lowest BCUT2D eigenvalue weighted by Crippen LogP contribution is -2.59. The zero-order valence-electron chi connectivity index (χ0n) is 16.6. The first-order valence-electron chi connectivity index (χ1n) is 10.5. The summed E-state index contributed by atoms with van der Waals surface area (Å²) in [5.41, 5.74) is 0.0221. The van der Waals surface area contributed by atoms with Crippen molar-refractivity contribution in [1.82, 2.24) is 4.72 Å². The van der Waals surface area contributed by atoms with E-state index in [2.05, 4.69) is 9.44 Å². The quantitative estimate of drug-likeness (QED) is 0.707. The first-order chi connectivity index (χ1) is 14.2. The summed E-state index contributed by atoms with van der Waals surface area (Å²) in [6.07, 6.45) is 6.55. The minimum atomic E-state index is -3.71. The van der Waals surface area contributed by atoms with E-state index < -0.39 is 20.0 Å². The fourth-order valence-electron chi connectivity index (χ4n) is 6.10. The van der Waals surface area contributed by atoms with E-state index in [4.69, 9.17) is 0 Å². The molecule has 0 aromatic heterocycles. The molecule has 0 aliphatic heterocycles. The van der Waals surface area contributed by atoms with E-state index >= 15 is 0 Å². The lowest BCUT2D eigenvalue weighted by Gasteiger charge is -2.56. The molecule has 0 atom stereocenters. The van der Waals surface area contributed by atoms with Gasteiger partial charge in [0, 0.05) is 11.2 Å². The molecule has 8 heteroatoms. The van der Waals surface area contributed by atoms with Crippen LogP contribution in [0.4, 0.5) is 5.69 Å². The standard InChI is InChI=1S/C22H26N2O4S2/c25-29(26,20-4-2-1-3-5-20)23-19-6-8-21(9-7-19)30(27,28)24-22-13-16-10-17(14-22)12-18(11-16)15-22/h1-9,16-18,23-24H,10-15H2. The second-order valence-electron chi connectivity index (χ2n) is 9.25. The van der Waals surface area contributed by atoms with Crippen molar-refractivity contribution in [2.45, 2.75) is 53.9 Å². The Morgan fingerprint density at radius 1 is 0.667 bits per heavy atom. The van der Waals surface area contributed by atoms with Crippen LogP contribution in [-0.2, 0) is 20.0 Å². The van der Waals surface area contributed by atoms with Gasteiger partial charge in [-0.2, -0.15) is 0 Å². The minimum Gasteiger partial charge on any atom is -0.280 e. The first kappa shape index (κ1) is 20.0. The molecular formula is C22H26N2O4S2. The number of benzene rings is 2. The van der Waals surface area contributed by atoms with Gasteiger partial charge in [0.1, 0.15) is 0 Å². The Kier molecular flexibility index (Phi) is 4.72. The molecule has 6 nitrogen and oxygen atoms in total. The number of anilines is 1. The summed E-state index contributed by atoms with van der Waals surface area (Å²) < 4.78 is 56.6. The molecule has 0 saturated heterocycles. The average molecular weight is 447 g/mol. The highest BCUT2D eigenvalue weighted by Crippen LogP contribution is 2.55. The van der Waals surface area contributed by atoms with Gasteiger partial charge in [-0.1, -0.05) is 18.2 Å². The molecule has 0 spiro atoms. The van der Waals surface area contributed by atoms with Gasteiger partial charge in [-0.3, -0.25) is 4.72 Å². The summed E-state index contributed by atoms with van der Waals surface area (Å²) in [7, 11) is -7.38. The van der Waals surface area contributed by atoms with Gasteiger partial charge in [-0.25, -0.2) is 21.6 Å². The van der Waals surface area contributed by atoms with Crippen LogP contribution in [0.3, 0.4) is 0 Å². The molecule has 0 heterocycles. The van der Waals surface area contributed by atoms with Crippen LogP contribution < -0.4 is 9.44 Å². The maximum atomic E-state index is 13.1. The highest BCUT2D eigenvalue weighted by molar-refractivity contribution is 7.92. The zero-order chi connectivity index (χ0) is 21.0. The maximum Gasteiger partial charge on any atom is 0.261 e. The van der Waals surface area contributed by atoms with E-state index in [9.17, 15) is 16.8 Å². The summed E-state index contributed by atoms with van der Waals surface area (Å²) in [4.78, 5) is 0.325. The Hall–Kier alpha value is -1.90. The third kappa shape index (κ3) is 3.76. The van der Waals surface area contributed by atoms with E-state index in [1.165, 1.54) is 55.7 Å². The molecule has 4 bridgehead atoms.